The van der Waals surface area contributed by atoms with E-state index in [1.807, 2.05) is 15.9 Å². The van der Waals surface area contributed by atoms with Crippen LogP contribution < -0.4 is 5.32 Å². The Bertz CT molecular complexity index is 1590. The molecule has 1 aliphatic heterocycles. The SMILES string of the molecule is Cc1c(-c2[nH]c3sc([C@@H]4C[C@@H]5C[C@H]4CN5CC(=O)NCCC(C)(C)O)c(C)c3c2C(C)C)cn2ncnc2c1C. The highest BCUT2D eigenvalue weighted by Crippen LogP contribution is 2.53. The first-order chi connectivity index (χ1) is 18.9. The Labute approximate surface area is 240 Å². The second-order valence-corrected chi connectivity index (χ2v) is 14.1. The lowest BCUT2D eigenvalue weighted by Gasteiger charge is -2.31. The van der Waals surface area contributed by atoms with E-state index in [0.717, 1.165) is 24.2 Å². The summed E-state index contributed by atoms with van der Waals surface area (Å²) in [4.78, 5) is 26.0. The van der Waals surface area contributed by atoms with Gasteiger partial charge >= 0.3 is 0 Å². The van der Waals surface area contributed by atoms with Crippen molar-refractivity contribution in [2.24, 2.45) is 5.92 Å². The summed E-state index contributed by atoms with van der Waals surface area (Å²) in [7, 11) is 0. The van der Waals surface area contributed by atoms with Gasteiger partial charge in [0.1, 0.15) is 11.2 Å². The molecule has 3 N–H and O–H groups in total. The van der Waals surface area contributed by atoms with Crippen molar-refractivity contribution in [2.75, 3.05) is 19.6 Å². The quantitative estimate of drug-likeness (QED) is 0.266. The van der Waals surface area contributed by atoms with Crippen LogP contribution in [0.25, 0.3) is 27.1 Å². The summed E-state index contributed by atoms with van der Waals surface area (Å²) >= 11 is 1.94. The van der Waals surface area contributed by atoms with Gasteiger partial charge < -0.3 is 15.4 Å². The number of likely N-dealkylation sites (tertiary alicyclic amines) is 1. The van der Waals surface area contributed by atoms with Gasteiger partial charge in [-0.15, -0.1) is 11.3 Å². The van der Waals surface area contributed by atoms with Crippen LogP contribution in [0.1, 0.15) is 85.9 Å². The van der Waals surface area contributed by atoms with Crippen molar-refractivity contribution in [3.05, 3.63) is 39.7 Å². The number of fused-ring (bicyclic) bond motifs is 4. The summed E-state index contributed by atoms with van der Waals surface area (Å²) in [6.07, 6.45) is 6.60. The van der Waals surface area contributed by atoms with Crippen molar-refractivity contribution in [2.45, 2.75) is 91.2 Å². The van der Waals surface area contributed by atoms with Gasteiger partial charge in [-0.05, 0) is 93.9 Å². The van der Waals surface area contributed by atoms with Gasteiger partial charge in [-0.25, -0.2) is 9.50 Å². The molecule has 1 saturated carbocycles. The zero-order chi connectivity index (χ0) is 28.5. The number of hydrogen-bond donors (Lipinski definition) is 3. The molecule has 4 aromatic rings. The topological polar surface area (TPSA) is 98.5 Å². The number of pyridine rings is 1. The third-order valence-corrected chi connectivity index (χ3v) is 10.7. The lowest BCUT2D eigenvalue weighted by atomic mass is 9.88. The molecule has 0 aromatic carbocycles. The Balaban J connectivity index is 1.24. The molecule has 2 fully saturated rings. The van der Waals surface area contributed by atoms with Crippen LogP contribution in [0.3, 0.4) is 0 Å². The smallest absolute Gasteiger partial charge is 0.234 e. The summed E-state index contributed by atoms with van der Waals surface area (Å²) < 4.78 is 1.89. The van der Waals surface area contributed by atoms with E-state index in [-0.39, 0.29) is 5.91 Å². The third-order valence-electron chi connectivity index (χ3n) is 9.33. The highest BCUT2D eigenvalue weighted by atomic mass is 32.1. The molecule has 214 valence electrons. The molecule has 6 rings (SSSR count). The van der Waals surface area contributed by atoms with Gasteiger partial charge in [-0.1, -0.05) is 13.8 Å². The molecule has 1 aliphatic carbocycles. The van der Waals surface area contributed by atoms with Gasteiger partial charge in [0.05, 0.1) is 17.8 Å². The number of nitrogens with zero attached hydrogens (tertiary/aromatic N) is 4. The van der Waals surface area contributed by atoms with Gasteiger partial charge in [0.25, 0.3) is 0 Å². The van der Waals surface area contributed by atoms with Gasteiger partial charge in [0.2, 0.25) is 5.91 Å². The minimum Gasteiger partial charge on any atom is -0.390 e. The highest BCUT2D eigenvalue weighted by Gasteiger charge is 2.46. The number of aryl methyl sites for hydroxylation is 2. The summed E-state index contributed by atoms with van der Waals surface area (Å²) in [5, 5.41) is 18.7. The molecule has 0 radical (unpaired) electrons. The Morgan fingerprint density at radius 1 is 1.23 bits per heavy atom. The first kappa shape index (κ1) is 27.4. The van der Waals surface area contributed by atoms with Crippen molar-refractivity contribution in [1.29, 1.82) is 0 Å². The Morgan fingerprint density at radius 3 is 2.67 bits per heavy atom. The summed E-state index contributed by atoms with van der Waals surface area (Å²) in [5.41, 5.74) is 7.79. The first-order valence-corrected chi connectivity index (χ1v) is 15.4. The van der Waals surface area contributed by atoms with Crippen LogP contribution in [0.4, 0.5) is 0 Å². The van der Waals surface area contributed by atoms with E-state index in [4.69, 9.17) is 0 Å². The number of carbonyl (C=O) groups excluding carboxylic acids is 1. The number of H-pyrrole nitrogens is 1. The predicted octanol–water partition coefficient (Wildman–Crippen LogP) is 5.44. The molecule has 0 unspecified atom stereocenters. The minimum absolute atomic E-state index is 0.0673. The number of aromatic nitrogens is 4. The van der Waals surface area contributed by atoms with E-state index in [0.29, 0.717) is 43.3 Å². The average molecular weight is 563 g/mol. The molecule has 5 heterocycles. The van der Waals surface area contributed by atoms with Gasteiger partial charge in [-0.3, -0.25) is 9.69 Å². The van der Waals surface area contributed by atoms with Crippen LogP contribution >= 0.6 is 11.3 Å². The van der Waals surface area contributed by atoms with Gasteiger partial charge in [0.15, 0.2) is 5.65 Å². The van der Waals surface area contributed by atoms with Crippen LogP contribution in [0.5, 0.6) is 0 Å². The van der Waals surface area contributed by atoms with Gasteiger partial charge in [0, 0.05) is 41.2 Å². The van der Waals surface area contributed by atoms with Crippen molar-refractivity contribution < 1.29 is 9.90 Å². The van der Waals surface area contributed by atoms with E-state index in [9.17, 15) is 9.90 Å². The van der Waals surface area contributed by atoms with Crippen LogP contribution in [-0.4, -0.2) is 66.8 Å². The highest BCUT2D eigenvalue weighted by molar-refractivity contribution is 7.19. The molecule has 9 heteroatoms. The van der Waals surface area contributed by atoms with Gasteiger partial charge in [-0.2, -0.15) is 5.10 Å². The van der Waals surface area contributed by atoms with Crippen molar-refractivity contribution >= 4 is 33.1 Å². The number of thiophene rings is 1. The standard InChI is InChI=1S/C31H42N6O2S/c1-16(2)25-26-19(5)28(22-11-21-10-20(22)12-36(21)14-24(38)32-9-8-31(6,7)39)40-30(26)35-27(25)23-13-37-29(33-15-34-37)18(4)17(23)3/h13,15-16,20-22,35,39H,8-12,14H2,1-7H3,(H,32,38)/t20-,21-,22+/m0/s1. The maximum atomic E-state index is 12.6. The van der Waals surface area contributed by atoms with Crippen LogP contribution in [0.2, 0.25) is 0 Å². The predicted molar refractivity (Wildman–Crippen MR) is 161 cm³/mol. The maximum Gasteiger partial charge on any atom is 0.234 e. The fraction of sp³-hybridized carbons (Fsp3) is 0.581. The molecule has 0 spiro atoms. The maximum absolute atomic E-state index is 12.6. The molecule has 1 amide bonds. The number of piperidine rings is 1. The summed E-state index contributed by atoms with van der Waals surface area (Å²) in [5.74, 6) is 1.60. The normalized spacial score (nSPS) is 21.5. The molecule has 4 aromatic heterocycles. The monoisotopic (exact) mass is 562 g/mol. The second kappa shape index (κ2) is 9.96. The van der Waals surface area contributed by atoms with E-state index < -0.39 is 5.60 Å². The molecule has 2 bridgehead atoms. The lowest BCUT2D eigenvalue weighted by molar-refractivity contribution is -0.122. The zero-order valence-corrected chi connectivity index (χ0v) is 25.6. The molecule has 3 atom stereocenters. The number of carbonyl (C=O) groups is 1. The minimum atomic E-state index is -0.755. The summed E-state index contributed by atoms with van der Waals surface area (Å²) in [6.45, 7) is 16.7. The van der Waals surface area contributed by atoms with E-state index in [2.05, 4.69) is 66.1 Å². The van der Waals surface area contributed by atoms with E-state index in [1.54, 1.807) is 20.2 Å². The fourth-order valence-corrected chi connectivity index (χ4v) is 8.59. The zero-order valence-electron chi connectivity index (χ0n) is 24.8. The van der Waals surface area contributed by atoms with Crippen LogP contribution in [0, 0.1) is 26.7 Å². The van der Waals surface area contributed by atoms with Crippen molar-refractivity contribution in [1.82, 2.24) is 29.8 Å². The number of rotatable bonds is 8. The molecule has 40 heavy (non-hydrogen) atoms. The largest absolute Gasteiger partial charge is 0.390 e. The number of hydrogen-bond acceptors (Lipinski definition) is 6. The lowest BCUT2D eigenvalue weighted by Crippen LogP contribution is -2.43. The van der Waals surface area contributed by atoms with E-state index >= 15 is 0 Å². The van der Waals surface area contributed by atoms with Crippen LogP contribution in [0.15, 0.2) is 12.5 Å². The number of nitrogens with one attached hydrogen (secondary N) is 2. The first-order valence-electron chi connectivity index (χ1n) is 14.6. The second-order valence-electron chi connectivity index (χ2n) is 13.0. The third kappa shape index (κ3) is 4.65. The van der Waals surface area contributed by atoms with Crippen LogP contribution in [-0.2, 0) is 4.79 Å². The Hall–Kier alpha value is -2.75. The Kier molecular flexibility index (Phi) is 6.83. The van der Waals surface area contributed by atoms with Crippen molar-refractivity contribution in [3.63, 3.8) is 0 Å². The molecule has 1 saturated heterocycles. The fourth-order valence-electron chi connectivity index (χ4n) is 7.16. The Morgan fingerprint density at radius 2 is 2.00 bits per heavy atom. The molecular formula is C31H42N6O2S. The molecule has 8 nitrogen and oxygen atoms in total. The van der Waals surface area contributed by atoms with Crippen molar-refractivity contribution in [3.8, 4) is 11.3 Å². The number of amides is 1. The summed E-state index contributed by atoms with van der Waals surface area (Å²) in [6, 6.07) is 0.468. The molecular weight excluding hydrogens is 520 g/mol. The van der Waals surface area contributed by atoms with E-state index in [1.165, 1.54) is 49.5 Å². The number of aromatic amines is 1. The number of aliphatic hydroxyl groups is 1. The average Bonchev–Trinajstić information content (AvgIpc) is 3.67. The molecule has 2 aliphatic rings.